The van der Waals surface area contributed by atoms with Gasteiger partial charge in [-0.05, 0) is 88.8 Å². The summed E-state index contributed by atoms with van der Waals surface area (Å²) >= 11 is 1.40. The zero-order valence-electron chi connectivity index (χ0n) is 20.1. The van der Waals surface area contributed by atoms with Crippen molar-refractivity contribution in [1.82, 2.24) is 15.2 Å². The largest absolute Gasteiger partial charge is 0.316 e. The number of hydrogen-bond donors (Lipinski definition) is 2. The lowest BCUT2D eigenvalue weighted by Crippen LogP contribution is -2.40. The fourth-order valence-electron chi connectivity index (χ4n) is 4.64. The fourth-order valence-corrected chi connectivity index (χ4v) is 6.22. The zero-order valence-corrected chi connectivity index (χ0v) is 21.7. The summed E-state index contributed by atoms with van der Waals surface area (Å²) in [4.78, 5) is 19.0. The highest BCUT2D eigenvalue weighted by atomic mass is 32.2. The summed E-state index contributed by atoms with van der Waals surface area (Å²) in [7, 11) is -3.12. The molecule has 0 saturated heterocycles. The van der Waals surface area contributed by atoms with Crippen molar-refractivity contribution >= 4 is 21.2 Å². The molecule has 0 saturated carbocycles. The molecule has 2 N–H and O–H groups in total. The number of fused-ring (bicyclic) bond motifs is 1. The Morgan fingerprint density at radius 3 is 2.58 bits per heavy atom. The molecule has 33 heavy (non-hydrogen) atoms. The van der Waals surface area contributed by atoms with Gasteiger partial charge in [-0.3, -0.25) is 4.79 Å². The van der Waals surface area contributed by atoms with Gasteiger partial charge in [0.25, 0.3) is 0 Å². The van der Waals surface area contributed by atoms with Gasteiger partial charge in [0.05, 0.1) is 4.90 Å². The van der Waals surface area contributed by atoms with Crippen LogP contribution in [0, 0.1) is 0 Å². The Hall–Kier alpha value is -1.48. The number of H-pyrrole nitrogens is 1. The van der Waals surface area contributed by atoms with Crippen LogP contribution >= 0.6 is 11.3 Å². The van der Waals surface area contributed by atoms with Gasteiger partial charge in [-0.1, -0.05) is 43.2 Å². The molecule has 0 radical (unpaired) electrons. The molecule has 1 unspecified atom stereocenters. The van der Waals surface area contributed by atoms with Crippen molar-refractivity contribution in [2.24, 2.45) is 0 Å². The summed E-state index contributed by atoms with van der Waals surface area (Å²) < 4.78 is 23.0. The van der Waals surface area contributed by atoms with Gasteiger partial charge in [-0.25, -0.2) is 8.42 Å². The maximum Gasteiger partial charge on any atom is 0.304 e. The summed E-state index contributed by atoms with van der Waals surface area (Å²) in [6, 6.07) is 7.78. The second kappa shape index (κ2) is 12.8. The maximum atomic E-state index is 11.6. The first-order valence-electron chi connectivity index (χ1n) is 12.3. The SMILES string of the molecule is CCCN(CCCCCCNCCc1ccc(S(C)(=O)=O)cc1)C1CCc2[nH]c(=O)sc2C1. The number of aromatic nitrogens is 1. The van der Waals surface area contributed by atoms with Crippen LogP contribution < -0.4 is 10.2 Å². The molecule has 1 heterocycles. The number of thiazole rings is 1. The Morgan fingerprint density at radius 1 is 1.09 bits per heavy atom. The Labute approximate surface area is 202 Å². The predicted molar refractivity (Wildman–Crippen MR) is 137 cm³/mol. The molecule has 2 aromatic rings. The van der Waals surface area contributed by atoms with Crippen molar-refractivity contribution in [3.05, 3.63) is 50.1 Å². The zero-order chi connectivity index (χ0) is 23.7. The molecule has 8 heteroatoms. The number of hydrogen-bond acceptors (Lipinski definition) is 6. The van der Waals surface area contributed by atoms with Crippen LogP contribution in [0.25, 0.3) is 0 Å². The van der Waals surface area contributed by atoms with Gasteiger partial charge in [-0.2, -0.15) is 0 Å². The molecule has 1 atom stereocenters. The van der Waals surface area contributed by atoms with E-state index in [1.807, 2.05) is 12.1 Å². The number of nitrogens with one attached hydrogen (secondary N) is 2. The van der Waals surface area contributed by atoms with Crippen LogP contribution in [0.15, 0.2) is 34.0 Å². The first-order valence-corrected chi connectivity index (χ1v) is 15.0. The van der Waals surface area contributed by atoms with Crippen LogP contribution in [0.3, 0.4) is 0 Å². The molecular formula is C25H39N3O3S2. The standard InChI is InChI=1S/C25H39N3O3S2/c1-3-17-28(21-10-13-23-24(19-21)32-25(29)27-23)18-7-5-4-6-15-26-16-14-20-8-11-22(12-9-20)33(2,30)31/h8-9,11-12,21,26H,3-7,10,13-19H2,1-2H3,(H,27,29). The van der Waals surface area contributed by atoms with Gasteiger partial charge < -0.3 is 15.2 Å². The van der Waals surface area contributed by atoms with E-state index < -0.39 is 9.84 Å². The van der Waals surface area contributed by atoms with Crippen molar-refractivity contribution < 1.29 is 8.42 Å². The maximum absolute atomic E-state index is 11.6. The van der Waals surface area contributed by atoms with Crippen molar-refractivity contribution in [2.45, 2.75) is 75.6 Å². The Kier molecular flexibility index (Phi) is 10.2. The minimum atomic E-state index is -3.12. The number of benzene rings is 1. The summed E-state index contributed by atoms with van der Waals surface area (Å²) in [5, 5.41) is 3.51. The third-order valence-electron chi connectivity index (χ3n) is 6.47. The lowest BCUT2D eigenvalue weighted by molar-refractivity contribution is 0.176. The molecule has 1 aromatic heterocycles. The molecule has 0 amide bonds. The highest BCUT2D eigenvalue weighted by Gasteiger charge is 2.25. The molecule has 0 spiro atoms. The van der Waals surface area contributed by atoms with E-state index in [-0.39, 0.29) is 4.87 Å². The van der Waals surface area contributed by atoms with Gasteiger partial charge in [0, 0.05) is 22.9 Å². The van der Waals surface area contributed by atoms with Gasteiger partial charge in [0.1, 0.15) is 0 Å². The smallest absolute Gasteiger partial charge is 0.304 e. The van der Waals surface area contributed by atoms with Crippen molar-refractivity contribution in [2.75, 3.05) is 32.4 Å². The van der Waals surface area contributed by atoms with E-state index in [1.54, 1.807) is 12.1 Å². The van der Waals surface area contributed by atoms with Gasteiger partial charge in [0.15, 0.2) is 9.84 Å². The predicted octanol–water partition coefficient (Wildman–Crippen LogP) is 3.80. The highest BCUT2D eigenvalue weighted by molar-refractivity contribution is 7.90. The second-order valence-corrected chi connectivity index (χ2v) is 12.3. The lowest BCUT2D eigenvalue weighted by Gasteiger charge is -2.34. The number of sulfone groups is 1. The van der Waals surface area contributed by atoms with Crippen molar-refractivity contribution in [3.8, 4) is 0 Å². The average Bonchev–Trinajstić information content (AvgIpc) is 3.16. The van der Waals surface area contributed by atoms with Crippen LogP contribution in [0.2, 0.25) is 0 Å². The molecule has 0 aliphatic heterocycles. The van der Waals surface area contributed by atoms with Crippen LogP contribution in [0.5, 0.6) is 0 Å². The van der Waals surface area contributed by atoms with E-state index in [0.717, 1.165) is 57.4 Å². The van der Waals surface area contributed by atoms with Gasteiger partial charge >= 0.3 is 4.87 Å². The van der Waals surface area contributed by atoms with E-state index in [0.29, 0.717) is 10.9 Å². The van der Waals surface area contributed by atoms with Crippen LogP contribution in [-0.2, 0) is 29.1 Å². The second-order valence-electron chi connectivity index (χ2n) is 9.18. The van der Waals surface area contributed by atoms with E-state index in [9.17, 15) is 13.2 Å². The van der Waals surface area contributed by atoms with Gasteiger partial charge in [-0.15, -0.1) is 0 Å². The fraction of sp³-hybridized carbons (Fsp3) is 0.640. The summed E-state index contributed by atoms with van der Waals surface area (Å²) in [6.45, 7) is 6.49. The highest BCUT2D eigenvalue weighted by Crippen LogP contribution is 2.25. The minimum Gasteiger partial charge on any atom is -0.316 e. The number of unbranched alkanes of at least 4 members (excludes halogenated alkanes) is 3. The topological polar surface area (TPSA) is 82.3 Å². The normalized spacial score (nSPS) is 16.3. The number of nitrogens with zero attached hydrogens (tertiary/aromatic N) is 1. The van der Waals surface area contributed by atoms with Crippen LogP contribution in [0.1, 0.15) is 61.6 Å². The summed E-state index contributed by atoms with van der Waals surface area (Å²) in [5.74, 6) is 0. The van der Waals surface area contributed by atoms with Crippen LogP contribution in [-0.4, -0.2) is 56.8 Å². The molecular weight excluding hydrogens is 454 g/mol. The monoisotopic (exact) mass is 493 g/mol. The molecule has 1 aliphatic rings. The molecule has 0 fully saturated rings. The van der Waals surface area contributed by atoms with E-state index >= 15 is 0 Å². The third-order valence-corrected chi connectivity index (χ3v) is 8.55. The van der Waals surface area contributed by atoms with Crippen molar-refractivity contribution in [3.63, 3.8) is 0 Å². The van der Waals surface area contributed by atoms with Crippen LogP contribution in [0.4, 0.5) is 0 Å². The molecule has 6 nitrogen and oxygen atoms in total. The Morgan fingerprint density at radius 2 is 1.85 bits per heavy atom. The first kappa shape index (κ1) is 26.1. The minimum absolute atomic E-state index is 0.0983. The Balaban J connectivity index is 1.26. The lowest BCUT2D eigenvalue weighted by atomic mass is 9.95. The number of aryl methyl sites for hydroxylation is 1. The number of aromatic amines is 1. The van der Waals surface area contributed by atoms with E-state index in [1.165, 1.54) is 60.3 Å². The summed E-state index contributed by atoms with van der Waals surface area (Å²) in [6.07, 6.45) is 11.4. The quantitative estimate of drug-likeness (QED) is 0.391. The summed E-state index contributed by atoms with van der Waals surface area (Å²) in [5.41, 5.74) is 2.34. The molecule has 1 aliphatic carbocycles. The molecule has 1 aromatic carbocycles. The molecule has 3 rings (SSSR count). The molecule has 184 valence electrons. The molecule has 0 bridgehead atoms. The van der Waals surface area contributed by atoms with E-state index in [2.05, 4.69) is 22.1 Å². The Bertz CT molecular complexity index is 1010. The number of rotatable bonds is 14. The third kappa shape index (κ3) is 8.35. The van der Waals surface area contributed by atoms with Crippen molar-refractivity contribution in [1.29, 1.82) is 0 Å². The van der Waals surface area contributed by atoms with E-state index in [4.69, 9.17) is 0 Å². The average molecular weight is 494 g/mol. The first-order chi connectivity index (χ1) is 15.9. The van der Waals surface area contributed by atoms with Gasteiger partial charge in [0.2, 0.25) is 0 Å².